The topological polar surface area (TPSA) is 101 Å². The maximum Gasteiger partial charge on any atom is 0.218 e. The molecule has 0 saturated carbocycles. The zero-order chi connectivity index (χ0) is 21.3. The number of hydrogen-bond acceptors (Lipinski definition) is 6. The third kappa shape index (κ3) is 4.28. The second-order valence-electron chi connectivity index (χ2n) is 6.84. The molecule has 4 aromatic heterocycles. The van der Waals surface area contributed by atoms with E-state index < -0.39 is 21.6 Å². The molecule has 0 bridgehead atoms. The average molecular weight is 429 g/mol. The summed E-state index contributed by atoms with van der Waals surface area (Å²) >= 11 is 0. The lowest BCUT2D eigenvalue weighted by atomic mass is 10.1. The second-order valence-corrected chi connectivity index (χ2v) is 8.86. The number of sulfone groups is 1. The number of anilines is 1. The molecule has 0 spiro atoms. The molecule has 10 heteroatoms. The SMILES string of the molecule is CS(=O)(=O)c1cnc2[nH]cc(Cc3ccc(NCc4cncc(F)c4)nc3F)c2c1. The van der Waals surface area contributed by atoms with E-state index in [1.54, 1.807) is 18.3 Å². The molecular formula is C20H17F2N5O2S. The highest BCUT2D eigenvalue weighted by atomic mass is 32.2. The molecule has 0 aromatic carbocycles. The van der Waals surface area contributed by atoms with Crippen molar-refractivity contribution in [3.63, 3.8) is 0 Å². The molecule has 30 heavy (non-hydrogen) atoms. The lowest BCUT2D eigenvalue weighted by molar-refractivity contribution is 0.571. The number of fused-ring (bicyclic) bond motifs is 1. The van der Waals surface area contributed by atoms with Crippen molar-refractivity contribution >= 4 is 26.7 Å². The van der Waals surface area contributed by atoms with Crippen molar-refractivity contribution in [3.8, 4) is 0 Å². The standard InChI is InChI=1S/C20H17F2N5O2S/c1-30(28,29)16-6-17-14(9-25-20(17)26-11-16)5-13-2-3-18(27-19(13)22)24-8-12-4-15(21)10-23-7-12/h2-4,6-7,9-11H,5,8H2,1H3,(H,24,27)(H,25,26). The number of halogens is 2. The number of aromatic nitrogens is 4. The van der Waals surface area contributed by atoms with E-state index in [1.807, 2.05) is 0 Å². The van der Waals surface area contributed by atoms with Crippen LogP contribution in [0.25, 0.3) is 11.0 Å². The van der Waals surface area contributed by atoms with Crippen LogP contribution in [0.3, 0.4) is 0 Å². The van der Waals surface area contributed by atoms with Gasteiger partial charge in [0.05, 0.1) is 11.1 Å². The summed E-state index contributed by atoms with van der Waals surface area (Å²) in [5.74, 6) is -0.796. The predicted octanol–water partition coefficient (Wildman–Crippen LogP) is 3.24. The Labute approximate surface area is 171 Å². The van der Waals surface area contributed by atoms with Gasteiger partial charge in [0.15, 0.2) is 9.84 Å². The maximum atomic E-state index is 14.6. The molecule has 2 N–H and O–H groups in total. The third-order valence-electron chi connectivity index (χ3n) is 4.56. The van der Waals surface area contributed by atoms with E-state index in [0.717, 1.165) is 12.5 Å². The van der Waals surface area contributed by atoms with Gasteiger partial charge in [0.2, 0.25) is 5.95 Å². The highest BCUT2D eigenvalue weighted by Crippen LogP contribution is 2.24. The number of nitrogens with zero attached hydrogens (tertiary/aromatic N) is 3. The number of H-pyrrole nitrogens is 1. The van der Waals surface area contributed by atoms with Gasteiger partial charge in [-0.15, -0.1) is 0 Å². The largest absolute Gasteiger partial charge is 0.366 e. The monoisotopic (exact) mass is 429 g/mol. The van der Waals surface area contributed by atoms with E-state index in [0.29, 0.717) is 33.5 Å². The van der Waals surface area contributed by atoms with E-state index in [1.165, 1.54) is 24.5 Å². The lowest BCUT2D eigenvalue weighted by Gasteiger charge is -2.08. The van der Waals surface area contributed by atoms with Crippen LogP contribution in [0, 0.1) is 11.8 Å². The number of rotatable bonds is 6. The molecule has 0 atom stereocenters. The number of nitrogens with one attached hydrogen (secondary N) is 2. The Morgan fingerprint density at radius 2 is 1.93 bits per heavy atom. The quantitative estimate of drug-likeness (QED) is 0.457. The van der Waals surface area contributed by atoms with Crippen LogP contribution in [-0.4, -0.2) is 34.6 Å². The smallest absolute Gasteiger partial charge is 0.218 e. The summed E-state index contributed by atoms with van der Waals surface area (Å²) < 4.78 is 51.3. The molecule has 0 unspecified atom stereocenters. The van der Waals surface area contributed by atoms with E-state index >= 15 is 0 Å². The molecular weight excluding hydrogens is 412 g/mol. The molecule has 4 heterocycles. The summed E-state index contributed by atoms with van der Waals surface area (Å²) in [7, 11) is -3.41. The van der Waals surface area contributed by atoms with Crippen LogP contribution in [0.15, 0.2) is 53.9 Å². The maximum absolute atomic E-state index is 14.6. The molecule has 4 rings (SSSR count). The molecule has 4 aromatic rings. The minimum Gasteiger partial charge on any atom is -0.366 e. The van der Waals surface area contributed by atoms with Gasteiger partial charge in [-0.3, -0.25) is 4.98 Å². The summed E-state index contributed by atoms with van der Waals surface area (Å²) in [6.45, 7) is 0.249. The predicted molar refractivity (Wildman–Crippen MR) is 108 cm³/mol. The minimum absolute atomic E-state index is 0.0980. The summed E-state index contributed by atoms with van der Waals surface area (Å²) in [6, 6.07) is 6.08. The van der Waals surface area contributed by atoms with Crippen molar-refractivity contribution in [2.45, 2.75) is 17.9 Å². The average Bonchev–Trinajstić information content (AvgIpc) is 3.10. The van der Waals surface area contributed by atoms with Crippen LogP contribution in [0.2, 0.25) is 0 Å². The van der Waals surface area contributed by atoms with E-state index in [-0.39, 0.29) is 17.9 Å². The Balaban J connectivity index is 1.54. The highest BCUT2D eigenvalue weighted by Gasteiger charge is 2.14. The van der Waals surface area contributed by atoms with Crippen LogP contribution in [0.5, 0.6) is 0 Å². The Morgan fingerprint density at radius 1 is 1.10 bits per heavy atom. The van der Waals surface area contributed by atoms with E-state index in [4.69, 9.17) is 0 Å². The lowest BCUT2D eigenvalue weighted by Crippen LogP contribution is -2.05. The van der Waals surface area contributed by atoms with Gasteiger partial charge in [-0.2, -0.15) is 4.39 Å². The molecule has 0 aliphatic carbocycles. The van der Waals surface area contributed by atoms with Gasteiger partial charge in [0.1, 0.15) is 17.3 Å². The first-order chi connectivity index (χ1) is 14.3. The third-order valence-corrected chi connectivity index (χ3v) is 5.64. The van der Waals surface area contributed by atoms with Crippen molar-refractivity contribution in [1.82, 2.24) is 19.9 Å². The fourth-order valence-corrected chi connectivity index (χ4v) is 3.61. The molecule has 154 valence electrons. The normalized spacial score (nSPS) is 11.7. The first-order valence-corrected chi connectivity index (χ1v) is 10.8. The number of aromatic amines is 1. The fourth-order valence-electron chi connectivity index (χ4n) is 3.03. The number of hydrogen-bond donors (Lipinski definition) is 2. The fraction of sp³-hybridized carbons (Fsp3) is 0.150. The zero-order valence-corrected chi connectivity index (χ0v) is 16.7. The molecule has 7 nitrogen and oxygen atoms in total. The molecule has 0 saturated heterocycles. The second kappa shape index (κ2) is 7.79. The van der Waals surface area contributed by atoms with Crippen LogP contribution >= 0.6 is 0 Å². The van der Waals surface area contributed by atoms with Gasteiger partial charge in [0.25, 0.3) is 0 Å². The van der Waals surface area contributed by atoms with Crippen LogP contribution < -0.4 is 5.32 Å². The summed E-state index contributed by atoms with van der Waals surface area (Å²) in [5, 5.41) is 3.54. The van der Waals surface area contributed by atoms with Crippen LogP contribution in [-0.2, 0) is 22.8 Å². The van der Waals surface area contributed by atoms with E-state index in [9.17, 15) is 17.2 Å². The molecule has 0 fully saturated rings. The summed E-state index contributed by atoms with van der Waals surface area (Å²) in [6.07, 6.45) is 6.89. The summed E-state index contributed by atoms with van der Waals surface area (Å²) in [5.41, 5.74) is 2.18. The Hall–Kier alpha value is -3.40. The molecule has 0 radical (unpaired) electrons. The Morgan fingerprint density at radius 3 is 2.67 bits per heavy atom. The molecule has 0 aliphatic rings. The number of pyridine rings is 3. The minimum atomic E-state index is -3.41. The highest BCUT2D eigenvalue weighted by molar-refractivity contribution is 7.90. The first kappa shape index (κ1) is 19.9. The van der Waals surface area contributed by atoms with Gasteiger partial charge in [-0.05, 0) is 29.3 Å². The Kier molecular flexibility index (Phi) is 5.17. The van der Waals surface area contributed by atoms with Crippen LogP contribution in [0.4, 0.5) is 14.6 Å². The Bertz CT molecular complexity index is 1340. The molecule has 0 amide bonds. The summed E-state index contributed by atoms with van der Waals surface area (Å²) in [4.78, 5) is 14.9. The van der Waals surface area contributed by atoms with Gasteiger partial charge < -0.3 is 10.3 Å². The zero-order valence-electron chi connectivity index (χ0n) is 15.9. The van der Waals surface area contributed by atoms with Gasteiger partial charge >= 0.3 is 0 Å². The van der Waals surface area contributed by atoms with Crippen molar-refractivity contribution in [1.29, 1.82) is 0 Å². The van der Waals surface area contributed by atoms with Crippen LogP contribution in [0.1, 0.15) is 16.7 Å². The molecule has 0 aliphatic heterocycles. The van der Waals surface area contributed by atoms with Gasteiger partial charge in [-0.25, -0.2) is 22.8 Å². The van der Waals surface area contributed by atoms with Gasteiger partial charge in [0, 0.05) is 48.8 Å². The van der Waals surface area contributed by atoms with Crippen molar-refractivity contribution in [2.24, 2.45) is 0 Å². The van der Waals surface area contributed by atoms with E-state index in [2.05, 4.69) is 25.3 Å². The van der Waals surface area contributed by atoms with Crippen molar-refractivity contribution in [3.05, 3.63) is 77.5 Å². The first-order valence-electron chi connectivity index (χ1n) is 8.94. The van der Waals surface area contributed by atoms with Crippen molar-refractivity contribution in [2.75, 3.05) is 11.6 Å². The van der Waals surface area contributed by atoms with Gasteiger partial charge in [-0.1, -0.05) is 6.07 Å². The van der Waals surface area contributed by atoms with Crippen molar-refractivity contribution < 1.29 is 17.2 Å².